The van der Waals surface area contributed by atoms with Gasteiger partial charge in [0.15, 0.2) is 0 Å². The Kier molecular flexibility index (Phi) is 4.09. The Morgan fingerprint density at radius 3 is 2.00 bits per heavy atom. The summed E-state index contributed by atoms with van der Waals surface area (Å²) in [5, 5.41) is 0.603. The van der Waals surface area contributed by atoms with E-state index in [1.807, 2.05) is 0 Å². The minimum atomic E-state index is -0.797. The number of aromatic nitrogens is 3. The van der Waals surface area contributed by atoms with E-state index in [4.69, 9.17) is 16.3 Å². The second kappa shape index (κ2) is 6.21. The van der Waals surface area contributed by atoms with Crippen molar-refractivity contribution in [2.75, 3.05) is 0 Å². The van der Waals surface area contributed by atoms with Crippen LogP contribution in [0.15, 0.2) is 62.9 Å². The normalized spacial score (nSPS) is 10.6. The first-order valence-electron chi connectivity index (χ1n) is 6.92. The van der Waals surface area contributed by atoms with Gasteiger partial charge in [0.25, 0.3) is 0 Å². The van der Waals surface area contributed by atoms with Crippen LogP contribution in [0.5, 0.6) is 11.5 Å². The lowest BCUT2D eigenvalue weighted by molar-refractivity contribution is 0.482. The van der Waals surface area contributed by atoms with Crippen molar-refractivity contribution in [1.29, 1.82) is 0 Å². The predicted octanol–water partition coefficient (Wildman–Crippen LogP) is 1.67. The number of nitrogens with one attached hydrogen (secondary N) is 1. The maximum atomic E-state index is 12.1. The summed E-state index contributed by atoms with van der Waals surface area (Å²) in [6, 6.07) is 13.2. The molecular formula is C16H12ClN3O4. The fraction of sp³-hybridized carbons (Fsp3) is 0.0625. The fourth-order valence-electron chi connectivity index (χ4n) is 2.08. The van der Waals surface area contributed by atoms with Crippen LogP contribution in [-0.2, 0) is 7.05 Å². The number of hydrogen-bond acceptors (Lipinski definition) is 4. The summed E-state index contributed by atoms with van der Waals surface area (Å²) in [5.74, 6) is 1.12. The molecule has 0 spiro atoms. The Hall–Kier alpha value is -3.06. The van der Waals surface area contributed by atoms with Gasteiger partial charge in [0.2, 0.25) is 0 Å². The zero-order chi connectivity index (χ0) is 17.3. The number of rotatable bonds is 3. The van der Waals surface area contributed by atoms with E-state index in [1.165, 1.54) is 7.05 Å². The van der Waals surface area contributed by atoms with Crippen LogP contribution >= 0.6 is 11.6 Å². The molecule has 8 heteroatoms. The average Bonchev–Trinajstić information content (AvgIpc) is 2.56. The minimum absolute atomic E-state index is 0.320. The van der Waals surface area contributed by atoms with Gasteiger partial charge in [-0.25, -0.2) is 23.5 Å². The Labute approximate surface area is 140 Å². The average molecular weight is 346 g/mol. The highest BCUT2D eigenvalue weighted by Crippen LogP contribution is 2.23. The van der Waals surface area contributed by atoms with E-state index >= 15 is 0 Å². The Morgan fingerprint density at radius 1 is 0.875 bits per heavy atom. The first-order chi connectivity index (χ1) is 11.5. The van der Waals surface area contributed by atoms with E-state index in [-0.39, 0.29) is 0 Å². The van der Waals surface area contributed by atoms with E-state index in [1.54, 1.807) is 48.5 Å². The smallest absolute Gasteiger partial charge is 0.340 e. The number of nitrogens with zero attached hydrogens (tertiary/aromatic N) is 2. The Balaban J connectivity index is 1.95. The van der Waals surface area contributed by atoms with Crippen molar-refractivity contribution in [3.63, 3.8) is 0 Å². The van der Waals surface area contributed by atoms with Crippen LogP contribution < -0.4 is 21.8 Å². The summed E-state index contributed by atoms with van der Waals surface area (Å²) >= 11 is 5.81. The lowest BCUT2D eigenvalue weighted by Crippen LogP contribution is -2.47. The molecule has 2 aromatic carbocycles. The molecule has 1 N–H and O–H groups in total. The molecule has 0 radical (unpaired) electrons. The summed E-state index contributed by atoms with van der Waals surface area (Å²) in [4.78, 5) is 37.4. The van der Waals surface area contributed by atoms with Gasteiger partial charge in [-0.1, -0.05) is 11.6 Å². The lowest BCUT2D eigenvalue weighted by atomic mass is 10.3. The number of benzene rings is 2. The molecule has 1 aromatic heterocycles. The van der Waals surface area contributed by atoms with Gasteiger partial charge in [-0.15, -0.1) is 0 Å². The monoisotopic (exact) mass is 345 g/mol. The van der Waals surface area contributed by atoms with Gasteiger partial charge in [-0.2, -0.15) is 0 Å². The summed E-state index contributed by atoms with van der Waals surface area (Å²) in [6.45, 7) is 0. The minimum Gasteiger partial charge on any atom is -0.457 e. The first-order valence-corrected chi connectivity index (χ1v) is 7.30. The predicted molar refractivity (Wildman–Crippen MR) is 89.4 cm³/mol. The molecular weight excluding hydrogens is 334 g/mol. The zero-order valence-electron chi connectivity index (χ0n) is 12.5. The van der Waals surface area contributed by atoms with E-state index in [9.17, 15) is 14.4 Å². The van der Waals surface area contributed by atoms with Crippen LogP contribution in [0.3, 0.4) is 0 Å². The van der Waals surface area contributed by atoms with Crippen molar-refractivity contribution in [2.45, 2.75) is 0 Å². The first kappa shape index (κ1) is 15.8. The van der Waals surface area contributed by atoms with Gasteiger partial charge in [0.1, 0.15) is 11.5 Å². The fourth-order valence-corrected chi connectivity index (χ4v) is 2.21. The third kappa shape index (κ3) is 3.02. The van der Waals surface area contributed by atoms with Gasteiger partial charge >= 0.3 is 17.1 Å². The second-order valence-electron chi connectivity index (χ2n) is 4.96. The summed E-state index contributed by atoms with van der Waals surface area (Å²) in [7, 11) is 1.29. The quantitative estimate of drug-likeness (QED) is 0.782. The van der Waals surface area contributed by atoms with Crippen molar-refractivity contribution in [3.05, 3.63) is 85.0 Å². The van der Waals surface area contributed by atoms with Crippen molar-refractivity contribution < 1.29 is 4.74 Å². The lowest BCUT2D eigenvalue weighted by Gasteiger charge is -2.08. The number of H-pyrrole nitrogens is 1. The standard InChI is InChI=1S/C16H12ClN3O4/c1-19-14(21)18-15(22)20(16(19)23)11-4-8-13(9-5-11)24-12-6-2-10(17)3-7-12/h2-9H,1H3,(H,18,21,22). The van der Waals surface area contributed by atoms with E-state index in [2.05, 4.69) is 4.98 Å². The molecule has 0 atom stereocenters. The summed E-state index contributed by atoms with van der Waals surface area (Å²) in [5.41, 5.74) is -1.96. The molecule has 0 saturated carbocycles. The molecule has 3 aromatic rings. The van der Waals surface area contributed by atoms with Crippen molar-refractivity contribution in [3.8, 4) is 17.2 Å². The molecule has 24 heavy (non-hydrogen) atoms. The van der Waals surface area contributed by atoms with Crippen molar-refractivity contribution >= 4 is 11.6 Å². The van der Waals surface area contributed by atoms with E-state index < -0.39 is 17.1 Å². The Morgan fingerprint density at radius 2 is 1.42 bits per heavy atom. The number of hydrogen-bond donors (Lipinski definition) is 1. The number of aromatic amines is 1. The topological polar surface area (TPSA) is 86.1 Å². The van der Waals surface area contributed by atoms with Crippen LogP contribution in [0.25, 0.3) is 5.69 Å². The molecule has 0 aliphatic rings. The maximum Gasteiger partial charge on any atom is 0.340 e. The molecule has 122 valence electrons. The molecule has 0 aliphatic carbocycles. The second-order valence-corrected chi connectivity index (χ2v) is 5.40. The highest BCUT2D eigenvalue weighted by atomic mass is 35.5. The van der Waals surface area contributed by atoms with Crippen LogP contribution in [0.2, 0.25) is 5.02 Å². The van der Waals surface area contributed by atoms with Gasteiger partial charge in [-0.05, 0) is 48.5 Å². The van der Waals surface area contributed by atoms with Crippen molar-refractivity contribution in [1.82, 2.24) is 14.1 Å². The molecule has 0 saturated heterocycles. The van der Waals surface area contributed by atoms with E-state index in [0.717, 1.165) is 9.13 Å². The molecule has 0 unspecified atom stereocenters. The third-order valence-corrected chi connectivity index (χ3v) is 3.60. The number of ether oxygens (including phenoxy) is 1. The van der Waals surface area contributed by atoms with Gasteiger partial charge in [-0.3, -0.25) is 4.98 Å². The molecule has 7 nitrogen and oxygen atoms in total. The molecule has 0 aliphatic heterocycles. The molecule has 0 bridgehead atoms. The highest BCUT2D eigenvalue weighted by Gasteiger charge is 2.09. The van der Waals surface area contributed by atoms with Crippen LogP contribution in [0.1, 0.15) is 0 Å². The van der Waals surface area contributed by atoms with Gasteiger partial charge in [0, 0.05) is 12.1 Å². The SMILES string of the molecule is Cn1c(=O)[nH]c(=O)n(-c2ccc(Oc3ccc(Cl)cc3)cc2)c1=O. The van der Waals surface area contributed by atoms with Gasteiger partial charge in [0.05, 0.1) is 5.69 Å². The van der Waals surface area contributed by atoms with Crippen LogP contribution in [-0.4, -0.2) is 14.1 Å². The van der Waals surface area contributed by atoms with Crippen LogP contribution in [0, 0.1) is 0 Å². The van der Waals surface area contributed by atoms with Gasteiger partial charge < -0.3 is 4.74 Å². The largest absolute Gasteiger partial charge is 0.457 e. The molecule has 3 rings (SSSR count). The van der Waals surface area contributed by atoms with Crippen molar-refractivity contribution in [2.24, 2.45) is 7.05 Å². The third-order valence-electron chi connectivity index (χ3n) is 3.34. The highest BCUT2D eigenvalue weighted by molar-refractivity contribution is 6.30. The summed E-state index contributed by atoms with van der Waals surface area (Å²) < 4.78 is 7.33. The van der Waals surface area contributed by atoms with E-state index in [0.29, 0.717) is 22.2 Å². The zero-order valence-corrected chi connectivity index (χ0v) is 13.3. The molecule has 1 heterocycles. The van der Waals surface area contributed by atoms with Crippen LogP contribution in [0.4, 0.5) is 0 Å². The molecule has 0 amide bonds. The molecule has 0 fully saturated rings. The number of halogens is 1. The summed E-state index contributed by atoms with van der Waals surface area (Å²) in [6.07, 6.45) is 0. The Bertz CT molecular complexity index is 1050. The maximum absolute atomic E-state index is 12.1.